The summed E-state index contributed by atoms with van der Waals surface area (Å²) in [5.41, 5.74) is 8.49. The van der Waals surface area contributed by atoms with Crippen LogP contribution in [-0.4, -0.2) is 13.1 Å². The van der Waals surface area contributed by atoms with Gasteiger partial charge in [-0.15, -0.1) is 22.7 Å². The standard InChI is InChI=1S/C69H81N5S2/c1-6-10-13-18-31-55-47-65(63-37-24-23-30-53(63)5)76-68(55)64-43-42-62(75-64)36-25-26-44-69(59-32-19-16-20-33-59,60-34-21-17-22-35-60)48-56(29-9-4)67(58(51-72)52-73)66(57(49-70)50-71)54-38-40-61(41-39-54)74(45-27-14-11-7-2)46-28-15-12-8-3/h16-17,19-24,30,32-35,37-43,47,56H,6-15,18,25-29,31,36,44-46,48H2,1-5H3. The molecule has 1 atom stereocenters. The van der Waals surface area contributed by atoms with Gasteiger partial charge < -0.3 is 4.90 Å². The Hall–Kier alpha value is -6.48. The molecule has 0 aliphatic rings. The molecule has 1 unspecified atom stereocenters. The lowest BCUT2D eigenvalue weighted by molar-refractivity contribution is 0.348. The first-order valence-electron chi connectivity index (χ1n) is 28.6. The maximum atomic E-state index is 10.9. The fraction of sp³-hybridized carbons (Fsp3) is 0.420. The highest BCUT2D eigenvalue weighted by atomic mass is 32.1. The lowest BCUT2D eigenvalue weighted by atomic mass is 9.63. The van der Waals surface area contributed by atoms with Crippen molar-refractivity contribution in [3.8, 4) is 44.5 Å². The molecule has 4 aromatic carbocycles. The number of anilines is 1. The van der Waals surface area contributed by atoms with Crippen LogP contribution in [0.25, 0.3) is 25.8 Å². The van der Waals surface area contributed by atoms with E-state index in [2.05, 4.69) is 179 Å². The van der Waals surface area contributed by atoms with Crippen LogP contribution in [0.3, 0.4) is 0 Å². The van der Waals surface area contributed by atoms with Crippen molar-refractivity contribution >= 4 is 33.9 Å². The molecule has 0 spiro atoms. The molecular formula is C69H81N5S2. The summed E-state index contributed by atoms with van der Waals surface area (Å²) >= 11 is 3.88. The molecule has 6 aromatic rings. The number of unbranched alkanes of at least 4 members (excludes halogenated alkanes) is 10. The van der Waals surface area contributed by atoms with Crippen molar-refractivity contribution in [3.63, 3.8) is 0 Å². The van der Waals surface area contributed by atoms with Crippen LogP contribution < -0.4 is 4.90 Å². The molecule has 0 amide bonds. The Morgan fingerprint density at radius 3 is 1.67 bits per heavy atom. The topological polar surface area (TPSA) is 98.4 Å². The van der Waals surface area contributed by atoms with Crippen LogP contribution in [0.15, 0.2) is 144 Å². The number of thiophene rings is 2. The van der Waals surface area contributed by atoms with Crippen LogP contribution in [-0.2, 0) is 18.3 Å². The van der Waals surface area contributed by atoms with Crippen molar-refractivity contribution in [2.24, 2.45) is 5.92 Å². The summed E-state index contributed by atoms with van der Waals surface area (Å²) in [6.07, 6.45) is 21.2. The van der Waals surface area contributed by atoms with Gasteiger partial charge in [-0.05, 0) is 140 Å². The van der Waals surface area contributed by atoms with Gasteiger partial charge in [-0.3, -0.25) is 0 Å². The van der Waals surface area contributed by atoms with Gasteiger partial charge in [0.25, 0.3) is 0 Å². The second kappa shape index (κ2) is 31.5. The van der Waals surface area contributed by atoms with Crippen molar-refractivity contribution in [3.05, 3.63) is 177 Å². The Bertz CT molecular complexity index is 2860. The number of nitriles is 4. The molecule has 0 aliphatic heterocycles. The van der Waals surface area contributed by atoms with E-state index in [9.17, 15) is 21.0 Å². The van der Waals surface area contributed by atoms with Gasteiger partial charge in [-0.2, -0.15) is 21.0 Å². The minimum Gasteiger partial charge on any atom is -0.372 e. The Morgan fingerprint density at radius 2 is 1.11 bits per heavy atom. The third-order valence-corrected chi connectivity index (χ3v) is 17.8. The van der Waals surface area contributed by atoms with E-state index < -0.39 is 5.41 Å². The van der Waals surface area contributed by atoms with Gasteiger partial charge >= 0.3 is 0 Å². The molecule has 2 aromatic heterocycles. The number of hydrogen-bond acceptors (Lipinski definition) is 7. The number of benzene rings is 4. The number of hydrogen-bond donors (Lipinski definition) is 0. The van der Waals surface area contributed by atoms with E-state index in [1.165, 1.54) is 112 Å². The van der Waals surface area contributed by atoms with Crippen molar-refractivity contribution < 1.29 is 0 Å². The number of nitrogens with zero attached hydrogens (tertiary/aromatic N) is 5. The second-order valence-electron chi connectivity index (χ2n) is 20.7. The van der Waals surface area contributed by atoms with Crippen LogP contribution >= 0.6 is 22.7 Å². The molecule has 0 radical (unpaired) electrons. The molecule has 0 fully saturated rings. The van der Waals surface area contributed by atoms with Gasteiger partial charge in [0.2, 0.25) is 0 Å². The maximum absolute atomic E-state index is 10.9. The minimum atomic E-state index is -0.523. The molecule has 6 rings (SSSR count). The Balaban J connectivity index is 1.36. The van der Waals surface area contributed by atoms with Crippen LogP contribution in [0.5, 0.6) is 0 Å². The zero-order valence-corrected chi connectivity index (χ0v) is 47.9. The first-order valence-corrected chi connectivity index (χ1v) is 30.3. The van der Waals surface area contributed by atoms with E-state index in [-0.39, 0.29) is 17.1 Å². The summed E-state index contributed by atoms with van der Waals surface area (Å²) in [6.45, 7) is 13.0. The molecule has 394 valence electrons. The molecule has 0 bridgehead atoms. The fourth-order valence-corrected chi connectivity index (χ4v) is 13.7. The average molecular weight is 1040 g/mol. The Labute approximate surface area is 465 Å². The molecular weight excluding hydrogens is 963 g/mol. The van der Waals surface area contributed by atoms with Crippen molar-refractivity contribution in [1.29, 1.82) is 21.0 Å². The van der Waals surface area contributed by atoms with E-state index in [0.29, 0.717) is 29.6 Å². The number of rotatable bonds is 32. The zero-order valence-electron chi connectivity index (χ0n) is 46.3. The number of aryl methyl sites for hydroxylation is 3. The third kappa shape index (κ3) is 15.8. The van der Waals surface area contributed by atoms with Crippen LogP contribution in [0.1, 0.15) is 176 Å². The molecule has 2 heterocycles. The number of allylic oxidation sites excluding steroid dienone is 4. The molecule has 0 N–H and O–H groups in total. The molecule has 0 saturated carbocycles. The van der Waals surface area contributed by atoms with Crippen molar-refractivity contribution in [1.82, 2.24) is 0 Å². The summed E-state index contributed by atoms with van der Waals surface area (Å²) in [6, 6.07) is 54.6. The van der Waals surface area contributed by atoms with E-state index in [0.717, 1.165) is 70.1 Å². The van der Waals surface area contributed by atoms with E-state index in [4.69, 9.17) is 0 Å². The zero-order chi connectivity index (χ0) is 54.0. The van der Waals surface area contributed by atoms with Crippen molar-refractivity contribution in [2.75, 3.05) is 18.0 Å². The van der Waals surface area contributed by atoms with Gasteiger partial charge in [0, 0.05) is 49.3 Å². The van der Waals surface area contributed by atoms with E-state index >= 15 is 0 Å². The quantitative estimate of drug-likeness (QED) is 0.0238. The largest absolute Gasteiger partial charge is 0.372 e. The minimum absolute atomic E-state index is 0.0431. The van der Waals surface area contributed by atoms with Gasteiger partial charge in [0.05, 0.1) is 0 Å². The maximum Gasteiger partial charge on any atom is 0.137 e. The van der Waals surface area contributed by atoms with Gasteiger partial charge in [0.1, 0.15) is 35.4 Å². The molecule has 7 heteroatoms. The third-order valence-electron chi connectivity index (χ3n) is 15.3. The van der Waals surface area contributed by atoms with Crippen LogP contribution in [0, 0.1) is 58.2 Å². The molecule has 0 saturated heterocycles. The Kier molecular flexibility index (Phi) is 24.4. The molecule has 0 aliphatic carbocycles. The summed E-state index contributed by atoms with van der Waals surface area (Å²) < 4.78 is 0. The SMILES string of the molecule is CCCCCCc1cc(-c2ccccc2C)sc1-c1ccc(CCCCC(CC(CCC)C(=C(C#N)C#N)C(=C(C#N)C#N)c2ccc(N(CCCCCC)CCCCCC)cc2)(c2ccccc2)c2ccccc2)s1. The summed E-state index contributed by atoms with van der Waals surface area (Å²) in [5.74, 6) is -0.342. The molecule has 76 heavy (non-hydrogen) atoms. The van der Waals surface area contributed by atoms with E-state index in [1.807, 2.05) is 34.8 Å². The highest BCUT2D eigenvalue weighted by molar-refractivity contribution is 7.24. The smallest absolute Gasteiger partial charge is 0.137 e. The highest BCUT2D eigenvalue weighted by Crippen LogP contribution is 2.49. The molecule has 5 nitrogen and oxygen atoms in total. The van der Waals surface area contributed by atoms with E-state index in [1.54, 1.807) is 0 Å². The van der Waals surface area contributed by atoms with Crippen LogP contribution in [0.2, 0.25) is 0 Å². The van der Waals surface area contributed by atoms with Gasteiger partial charge in [0.15, 0.2) is 0 Å². The second-order valence-corrected chi connectivity index (χ2v) is 22.9. The van der Waals surface area contributed by atoms with Crippen LogP contribution in [0.4, 0.5) is 5.69 Å². The first kappa shape index (κ1) is 58.8. The normalized spacial score (nSPS) is 11.5. The lowest BCUT2D eigenvalue weighted by Crippen LogP contribution is -2.32. The summed E-state index contributed by atoms with van der Waals surface area (Å²) in [4.78, 5) is 7.99. The first-order chi connectivity index (χ1) is 37.3. The van der Waals surface area contributed by atoms with Crippen molar-refractivity contribution in [2.45, 2.75) is 168 Å². The lowest BCUT2D eigenvalue weighted by Gasteiger charge is -2.40. The summed E-state index contributed by atoms with van der Waals surface area (Å²) in [7, 11) is 0. The van der Waals surface area contributed by atoms with Gasteiger partial charge in [-0.25, -0.2) is 0 Å². The monoisotopic (exact) mass is 1040 g/mol. The Morgan fingerprint density at radius 1 is 0.539 bits per heavy atom. The predicted molar refractivity (Wildman–Crippen MR) is 323 cm³/mol. The highest BCUT2D eigenvalue weighted by Gasteiger charge is 2.39. The van der Waals surface area contributed by atoms with Gasteiger partial charge in [-0.1, -0.05) is 195 Å². The fourth-order valence-electron chi connectivity index (χ4n) is 11.3. The summed E-state index contributed by atoms with van der Waals surface area (Å²) in [5, 5.41) is 43.3. The average Bonchev–Trinajstić information content (AvgIpc) is 4.13. The predicted octanol–water partition coefficient (Wildman–Crippen LogP) is 19.9.